The van der Waals surface area contributed by atoms with E-state index in [0.29, 0.717) is 52.2 Å². The van der Waals surface area contributed by atoms with Gasteiger partial charge in [0.2, 0.25) is 0 Å². The molecule has 9 nitrogen and oxygen atoms in total. The smallest absolute Gasteiger partial charge is 0.186 e. The molecule has 0 amide bonds. The molecule has 0 aliphatic carbocycles. The van der Waals surface area contributed by atoms with Gasteiger partial charge in [0.15, 0.2) is 6.29 Å². The number of aliphatic hydroxyl groups excluding tert-OH is 3. The van der Waals surface area contributed by atoms with Crippen LogP contribution in [-0.4, -0.2) is 105 Å². The molecule has 1 fully saturated rings. The van der Waals surface area contributed by atoms with E-state index >= 15 is 0 Å². The van der Waals surface area contributed by atoms with E-state index < -0.39 is 30.7 Å². The molecule has 162 valence electrons. The summed E-state index contributed by atoms with van der Waals surface area (Å²) in [5.41, 5.74) is 0. The molecule has 5 atom stereocenters. The van der Waals surface area contributed by atoms with Gasteiger partial charge in [-0.3, -0.25) is 0 Å². The van der Waals surface area contributed by atoms with Crippen molar-refractivity contribution in [3.8, 4) is 0 Å². The highest BCUT2D eigenvalue weighted by Gasteiger charge is 2.42. The third kappa shape index (κ3) is 10.7. The zero-order valence-electron chi connectivity index (χ0n) is 16.6. The van der Waals surface area contributed by atoms with Crippen LogP contribution in [0, 0.1) is 5.92 Å². The zero-order chi connectivity index (χ0) is 20.1. The minimum atomic E-state index is -1.30. The number of aliphatic hydroxyl groups is 3. The van der Waals surface area contributed by atoms with Gasteiger partial charge in [-0.05, 0) is 12.8 Å². The first-order valence-corrected chi connectivity index (χ1v) is 9.55. The lowest BCUT2D eigenvalue weighted by Crippen LogP contribution is -2.57. The van der Waals surface area contributed by atoms with Crippen molar-refractivity contribution in [3.63, 3.8) is 0 Å². The first-order valence-electron chi connectivity index (χ1n) is 9.55. The van der Waals surface area contributed by atoms with Gasteiger partial charge >= 0.3 is 0 Å². The Balaban J connectivity index is 1.87. The maximum atomic E-state index is 9.80. The third-order valence-electron chi connectivity index (χ3n) is 3.89. The van der Waals surface area contributed by atoms with E-state index in [4.69, 9.17) is 28.4 Å². The van der Waals surface area contributed by atoms with E-state index in [1.54, 1.807) is 6.92 Å². The number of rotatable bonds is 15. The molecule has 27 heavy (non-hydrogen) atoms. The normalized spacial score (nSPS) is 28.8. The Morgan fingerprint density at radius 1 is 0.704 bits per heavy atom. The van der Waals surface area contributed by atoms with Crippen molar-refractivity contribution in [2.75, 3.05) is 59.5 Å². The quantitative estimate of drug-likeness (QED) is 0.317. The molecule has 2 unspecified atom stereocenters. The summed E-state index contributed by atoms with van der Waals surface area (Å²) in [6, 6.07) is 0. The van der Waals surface area contributed by atoms with Gasteiger partial charge in [0.1, 0.15) is 18.3 Å². The van der Waals surface area contributed by atoms with Crippen molar-refractivity contribution in [3.05, 3.63) is 0 Å². The van der Waals surface area contributed by atoms with Crippen LogP contribution in [0.15, 0.2) is 0 Å². The minimum absolute atomic E-state index is 0.191. The molecular weight excluding hydrogens is 360 g/mol. The summed E-state index contributed by atoms with van der Waals surface area (Å²) >= 11 is 0. The van der Waals surface area contributed by atoms with Gasteiger partial charge in [0.25, 0.3) is 0 Å². The molecule has 1 aliphatic heterocycles. The second kappa shape index (κ2) is 14.6. The molecule has 3 N–H and O–H groups in total. The summed E-state index contributed by atoms with van der Waals surface area (Å²) in [5, 5.41) is 29.1. The molecule has 1 saturated heterocycles. The molecule has 0 bridgehead atoms. The predicted octanol–water partition coefficient (Wildman–Crippen LogP) is -0.447. The Kier molecular flexibility index (Phi) is 13.4. The SMILES string of the molecule is CC(C)COCCOCCOCCOCCO[C@@H]1O[C@@H](C)[C@@H](O)C(O)C1O. The standard InChI is InChI=1S/C18H36O9/c1-13(2)12-25-9-8-23-5-4-22-6-7-24-10-11-26-18-17(21)16(20)15(19)14(3)27-18/h13-21H,4-12H2,1-3H3/t14-,15+,16?,17?,18+/m0/s1. The van der Waals surface area contributed by atoms with E-state index in [-0.39, 0.29) is 6.61 Å². The first kappa shape index (κ1) is 24.7. The molecule has 9 heteroatoms. The van der Waals surface area contributed by atoms with Crippen molar-refractivity contribution in [1.29, 1.82) is 0 Å². The fraction of sp³-hybridized carbons (Fsp3) is 1.00. The fourth-order valence-electron chi connectivity index (χ4n) is 2.35. The van der Waals surface area contributed by atoms with Gasteiger partial charge in [0, 0.05) is 6.61 Å². The molecule has 0 saturated carbocycles. The first-order chi connectivity index (χ1) is 12.9. The monoisotopic (exact) mass is 396 g/mol. The molecule has 1 aliphatic rings. The second-order valence-corrected chi connectivity index (χ2v) is 6.86. The molecular formula is C18H36O9. The van der Waals surface area contributed by atoms with Crippen LogP contribution in [0.3, 0.4) is 0 Å². The fourth-order valence-corrected chi connectivity index (χ4v) is 2.35. The van der Waals surface area contributed by atoms with E-state index in [9.17, 15) is 15.3 Å². The largest absolute Gasteiger partial charge is 0.388 e. The highest BCUT2D eigenvalue weighted by atomic mass is 16.7. The number of hydrogen-bond acceptors (Lipinski definition) is 9. The van der Waals surface area contributed by atoms with Crippen LogP contribution in [0.25, 0.3) is 0 Å². The van der Waals surface area contributed by atoms with Crippen molar-refractivity contribution in [1.82, 2.24) is 0 Å². The third-order valence-corrected chi connectivity index (χ3v) is 3.89. The summed E-state index contributed by atoms with van der Waals surface area (Å²) in [6.07, 6.45) is -5.33. The van der Waals surface area contributed by atoms with E-state index in [1.165, 1.54) is 0 Å². The van der Waals surface area contributed by atoms with E-state index in [0.717, 1.165) is 6.61 Å². The summed E-state index contributed by atoms with van der Waals surface area (Å²) < 4.78 is 32.2. The second-order valence-electron chi connectivity index (χ2n) is 6.86. The van der Waals surface area contributed by atoms with Gasteiger partial charge in [-0.2, -0.15) is 0 Å². The van der Waals surface area contributed by atoms with Gasteiger partial charge in [0.05, 0.1) is 59.0 Å². The lowest BCUT2D eigenvalue weighted by atomic mass is 10.0. The van der Waals surface area contributed by atoms with Gasteiger partial charge < -0.3 is 43.7 Å². The number of ether oxygens (including phenoxy) is 6. The highest BCUT2D eigenvalue weighted by Crippen LogP contribution is 2.21. The molecule has 0 aromatic carbocycles. The average molecular weight is 396 g/mol. The summed E-state index contributed by atoms with van der Waals surface area (Å²) in [7, 11) is 0. The summed E-state index contributed by atoms with van der Waals surface area (Å²) in [6.45, 7) is 10.0. The summed E-state index contributed by atoms with van der Waals surface area (Å²) in [5.74, 6) is 0.530. The Morgan fingerprint density at radius 2 is 1.19 bits per heavy atom. The Morgan fingerprint density at radius 3 is 1.70 bits per heavy atom. The Labute approximate surface area is 161 Å². The van der Waals surface area contributed by atoms with Crippen molar-refractivity contribution < 1.29 is 43.7 Å². The lowest BCUT2D eigenvalue weighted by molar-refractivity contribution is -0.294. The lowest BCUT2D eigenvalue weighted by Gasteiger charge is -2.38. The molecule has 1 rings (SSSR count). The van der Waals surface area contributed by atoms with Crippen LogP contribution in [0.4, 0.5) is 0 Å². The highest BCUT2D eigenvalue weighted by molar-refractivity contribution is 4.87. The van der Waals surface area contributed by atoms with Crippen molar-refractivity contribution in [2.45, 2.75) is 51.5 Å². The van der Waals surface area contributed by atoms with Crippen LogP contribution in [0.2, 0.25) is 0 Å². The van der Waals surface area contributed by atoms with Crippen LogP contribution < -0.4 is 0 Å². The van der Waals surface area contributed by atoms with E-state index in [2.05, 4.69) is 13.8 Å². The van der Waals surface area contributed by atoms with Crippen molar-refractivity contribution in [2.24, 2.45) is 5.92 Å². The van der Waals surface area contributed by atoms with Crippen LogP contribution in [0.5, 0.6) is 0 Å². The minimum Gasteiger partial charge on any atom is -0.388 e. The van der Waals surface area contributed by atoms with Crippen LogP contribution in [0.1, 0.15) is 20.8 Å². The van der Waals surface area contributed by atoms with Crippen molar-refractivity contribution >= 4 is 0 Å². The molecule has 0 radical (unpaired) electrons. The van der Waals surface area contributed by atoms with Gasteiger partial charge in [-0.1, -0.05) is 13.8 Å². The maximum Gasteiger partial charge on any atom is 0.186 e. The molecule has 1 heterocycles. The zero-order valence-corrected chi connectivity index (χ0v) is 16.6. The average Bonchev–Trinajstić information content (AvgIpc) is 2.63. The summed E-state index contributed by atoms with van der Waals surface area (Å²) in [4.78, 5) is 0. The van der Waals surface area contributed by atoms with Gasteiger partial charge in [-0.15, -0.1) is 0 Å². The van der Waals surface area contributed by atoms with E-state index in [1.807, 2.05) is 0 Å². The molecule has 0 spiro atoms. The Bertz CT molecular complexity index is 356. The predicted molar refractivity (Wildman–Crippen MR) is 96.4 cm³/mol. The molecule has 0 aromatic heterocycles. The van der Waals surface area contributed by atoms with Crippen LogP contribution >= 0.6 is 0 Å². The van der Waals surface area contributed by atoms with Gasteiger partial charge in [-0.25, -0.2) is 0 Å². The van der Waals surface area contributed by atoms with Crippen LogP contribution in [-0.2, 0) is 28.4 Å². The number of hydrogen-bond donors (Lipinski definition) is 3. The topological polar surface area (TPSA) is 116 Å². The molecule has 0 aromatic rings. The maximum absolute atomic E-state index is 9.80. The Hall–Kier alpha value is -0.360.